The number of ether oxygens (including phenoxy) is 3. The first-order chi connectivity index (χ1) is 34.5. The SMILES string of the molecule is CC/C=C\C/C=C\C/C=C\C/C=C\C/C=C\C/C=C\C/C=C\C/C=C\CCCCC(=O)OCC(COC(=O)CCCCCCCCC)OC(=O)CCCCCCCCCCCCCCCCCCCC. The summed E-state index contributed by atoms with van der Waals surface area (Å²) in [5.41, 5.74) is 0. The van der Waals surface area contributed by atoms with Crippen LogP contribution < -0.4 is 0 Å². The van der Waals surface area contributed by atoms with Crippen molar-refractivity contribution in [2.75, 3.05) is 13.2 Å². The molecule has 0 saturated carbocycles. The van der Waals surface area contributed by atoms with Gasteiger partial charge in [-0.1, -0.05) is 266 Å². The summed E-state index contributed by atoms with van der Waals surface area (Å²) in [6.45, 7) is 6.46. The van der Waals surface area contributed by atoms with Crippen molar-refractivity contribution in [3.63, 3.8) is 0 Å². The first-order valence-corrected chi connectivity index (χ1v) is 29.2. The minimum Gasteiger partial charge on any atom is -0.462 e. The summed E-state index contributed by atoms with van der Waals surface area (Å²) in [5.74, 6) is -0.936. The number of carbonyl (C=O) groups is 3. The molecule has 0 aliphatic carbocycles. The molecule has 1 atom stereocenters. The zero-order chi connectivity index (χ0) is 50.7. The normalized spacial score (nSPS) is 12.8. The number of rotatable bonds is 52. The zero-order valence-electron chi connectivity index (χ0n) is 45.8. The van der Waals surface area contributed by atoms with E-state index in [1.165, 1.54) is 122 Å². The van der Waals surface area contributed by atoms with E-state index in [1.54, 1.807) is 0 Å². The Hall–Kier alpha value is -3.67. The second-order valence-electron chi connectivity index (χ2n) is 19.2. The van der Waals surface area contributed by atoms with E-state index in [9.17, 15) is 14.4 Å². The molecule has 0 aromatic rings. The van der Waals surface area contributed by atoms with Gasteiger partial charge in [-0.15, -0.1) is 0 Å². The lowest BCUT2D eigenvalue weighted by Gasteiger charge is -2.18. The fourth-order valence-corrected chi connectivity index (χ4v) is 7.99. The Morgan fingerprint density at radius 1 is 0.300 bits per heavy atom. The van der Waals surface area contributed by atoms with Gasteiger partial charge in [-0.3, -0.25) is 14.4 Å². The number of esters is 3. The van der Waals surface area contributed by atoms with E-state index < -0.39 is 6.10 Å². The standard InChI is InChI=1S/C64H108O6/c1-4-7-10-13-16-18-20-22-24-26-28-29-30-31-32-33-34-35-36-38-39-41-43-45-48-51-54-57-63(66)69-60-61(59-68-62(65)56-53-50-47-15-12-9-6-3)70-64(67)58-55-52-49-46-44-42-40-37-27-25-23-21-19-17-14-11-8-5-2/h7,10,16,18,22,24,28-29,31-32,34-35,38-39,43,45,61H,4-6,8-9,11-15,17,19-21,23,25-27,30,33,36-37,40-42,44,46-60H2,1-3H3/b10-7-,18-16-,24-22-,29-28-,32-31-,35-34-,39-38-,45-43-. The van der Waals surface area contributed by atoms with Crippen LogP contribution in [0.4, 0.5) is 0 Å². The van der Waals surface area contributed by atoms with Gasteiger partial charge >= 0.3 is 17.9 Å². The van der Waals surface area contributed by atoms with Crippen LogP contribution in [0, 0.1) is 0 Å². The van der Waals surface area contributed by atoms with Gasteiger partial charge in [0.05, 0.1) is 0 Å². The Morgan fingerprint density at radius 2 is 0.557 bits per heavy atom. The predicted molar refractivity (Wildman–Crippen MR) is 302 cm³/mol. The maximum absolute atomic E-state index is 12.8. The molecule has 0 fully saturated rings. The first-order valence-electron chi connectivity index (χ1n) is 29.2. The van der Waals surface area contributed by atoms with Crippen molar-refractivity contribution in [3.8, 4) is 0 Å². The Kier molecular flexibility index (Phi) is 54.9. The Bertz CT molecular complexity index is 1400. The van der Waals surface area contributed by atoms with Gasteiger partial charge in [-0.25, -0.2) is 0 Å². The largest absolute Gasteiger partial charge is 0.462 e. The van der Waals surface area contributed by atoms with E-state index in [-0.39, 0.29) is 31.1 Å². The first kappa shape index (κ1) is 66.3. The molecule has 0 aromatic carbocycles. The van der Waals surface area contributed by atoms with Gasteiger partial charge in [-0.2, -0.15) is 0 Å². The van der Waals surface area contributed by atoms with Crippen molar-refractivity contribution in [2.45, 2.75) is 277 Å². The molecule has 0 aliphatic heterocycles. The molecule has 0 saturated heterocycles. The minimum absolute atomic E-state index is 0.0892. The van der Waals surface area contributed by atoms with E-state index >= 15 is 0 Å². The van der Waals surface area contributed by atoms with Crippen LogP contribution in [0.15, 0.2) is 97.2 Å². The van der Waals surface area contributed by atoms with Crippen LogP contribution in [0.1, 0.15) is 271 Å². The maximum atomic E-state index is 12.8. The van der Waals surface area contributed by atoms with E-state index in [1.807, 2.05) is 0 Å². The van der Waals surface area contributed by atoms with Crippen LogP contribution >= 0.6 is 0 Å². The van der Waals surface area contributed by atoms with Gasteiger partial charge in [0.2, 0.25) is 0 Å². The summed E-state index contributed by atoms with van der Waals surface area (Å²) >= 11 is 0. The quantitative estimate of drug-likeness (QED) is 0.0262. The molecule has 70 heavy (non-hydrogen) atoms. The fourth-order valence-electron chi connectivity index (χ4n) is 7.99. The Labute approximate surface area is 432 Å². The highest BCUT2D eigenvalue weighted by Crippen LogP contribution is 2.16. The molecule has 0 N–H and O–H groups in total. The molecule has 6 heteroatoms. The van der Waals surface area contributed by atoms with Crippen molar-refractivity contribution in [3.05, 3.63) is 97.2 Å². The number of allylic oxidation sites excluding steroid dienone is 16. The molecular weight excluding hydrogens is 865 g/mol. The topological polar surface area (TPSA) is 78.9 Å². The van der Waals surface area contributed by atoms with E-state index in [0.29, 0.717) is 19.3 Å². The average molecular weight is 974 g/mol. The summed E-state index contributed by atoms with van der Waals surface area (Å²) in [7, 11) is 0. The van der Waals surface area contributed by atoms with Crippen molar-refractivity contribution in [1.82, 2.24) is 0 Å². The highest BCUT2D eigenvalue weighted by Gasteiger charge is 2.19. The summed E-state index contributed by atoms with van der Waals surface area (Å²) in [4.78, 5) is 37.9. The molecule has 6 nitrogen and oxygen atoms in total. The molecule has 0 radical (unpaired) electrons. The van der Waals surface area contributed by atoms with Crippen LogP contribution in [-0.4, -0.2) is 37.2 Å². The molecule has 400 valence electrons. The highest BCUT2D eigenvalue weighted by molar-refractivity contribution is 5.71. The van der Waals surface area contributed by atoms with Gasteiger partial charge in [0.1, 0.15) is 13.2 Å². The molecule has 0 bridgehead atoms. The molecule has 1 unspecified atom stereocenters. The number of unbranched alkanes of at least 4 members (excludes halogenated alkanes) is 25. The summed E-state index contributed by atoms with van der Waals surface area (Å²) in [6.07, 6.45) is 77.1. The second-order valence-corrected chi connectivity index (χ2v) is 19.2. The number of hydrogen-bond donors (Lipinski definition) is 0. The van der Waals surface area contributed by atoms with E-state index in [4.69, 9.17) is 14.2 Å². The van der Waals surface area contributed by atoms with Gasteiger partial charge in [0.15, 0.2) is 6.10 Å². The third kappa shape index (κ3) is 55.3. The summed E-state index contributed by atoms with van der Waals surface area (Å²) in [6, 6.07) is 0. The lowest BCUT2D eigenvalue weighted by molar-refractivity contribution is -0.167. The smallest absolute Gasteiger partial charge is 0.306 e. The van der Waals surface area contributed by atoms with Crippen molar-refractivity contribution >= 4 is 17.9 Å². The van der Waals surface area contributed by atoms with Crippen LogP contribution in [-0.2, 0) is 28.6 Å². The molecule has 0 amide bonds. The van der Waals surface area contributed by atoms with Crippen LogP contribution in [0.3, 0.4) is 0 Å². The monoisotopic (exact) mass is 973 g/mol. The fraction of sp³-hybridized carbons (Fsp3) is 0.703. The molecule has 0 heterocycles. The minimum atomic E-state index is -0.791. The predicted octanol–water partition coefficient (Wildman–Crippen LogP) is 19.7. The Balaban J connectivity index is 4.28. The molecular formula is C64H108O6. The van der Waals surface area contributed by atoms with Crippen molar-refractivity contribution in [2.24, 2.45) is 0 Å². The third-order valence-electron chi connectivity index (χ3n) is 12.4. The zero-order valence-corrected chi connectivity index (χ0v) is 45.8. The average Bonchev–Trinajstić information content (AvgIpc) is 3.36. The molecule has 0 aliphatic rings. The highest BCUT2D eigenvalue weighted by atomic mass is 16.6. The van der Waals surface area contributed by atoms with Gasteiger partial charge in [0.25, 0.3) is 0 Å². The lowest BCUT2D eigenvalue weighted by Crippen LogP contribution is -2.30. The summed E-state index contributed by atoms with van der Waals surface area (Å²) in [5, 5.41) is 0. The number of hydrogen-bond acceptors (Lipinski definition) is 6. The van der Waals surface area contributed by atoms with Gasteiger partial charge in [0, 0.05) is 19.3 Å². The van der Waals surface area contributed by atoms with Gasteiger partial charge < -0.3 is 14.2 Å². The lowest BCUT2D eigenvalue weighted by atomic mass is 10.0. The Morgan fingerprint density at radius 3 is 0.871 bits per heavy atom. The number of carbonyl (C=O) groups excluding carboxylic acids is 3. The van der Waals surface area contributed by atoms with E-state index in [2.05, 4.69) is 118 Å². The van der Waals surface area contributed by atoms with Crippen molar-refractivity contribution in [1.29, 1.82) is 0 Å². The second kappa shape index (κ2) is 57.9. The van der Waals surface area contributed by atoms with Gasteiger partial charge in [-0.05, 0) is 83.5 Å². The third-order valence-corrected chi connectivity index (χ3v) is 12.4. The molecule has 0 aromatic heterocycles. The van der Waals surface area contributed by atoms with Crippen LogP contribution in [0.5, 0.6) is 0 Å². The van der Waals surface area contributed by atoms with E-state index in [0.717, 1.165) is 109 Å². The maximum Gasteiger partial charge on any atom is 0.306 e. The molecule has 0 rings (SSSR count). The van der Waals surface area contributed by atoms with Crippen LogP contribution in [0.25, 0.3) is 0 Å². The molecule has 0 spiro atoms. The van der Waals surface area contributed by atoms with Crippen LogP contribution in [0.2, 0.25) is 0 Å². The summed E-state index contributed by atoms with van der Waals surface area (Å²) < 4.78 is 16.8. The van der Waals surface area contributed by atoms with Crippen molar-refractivity contribution < 1.29 is 28.6 Å².